The fourth-order valence-corrected chi connectivity index (χ4v) is 13.7. The van der Waals surface area contributed by atoms with Crippen LogP contribution in [-0.2, 0) is 61.5 Å². The summed E-state index contributed by atoms with van der Waals surface area (Å²) in [5, 5.41) is 10.8. The van der Waals surface area contributed by atoms with Crippen molar-refractivity contribution in [2.45, 2.75) is 159 Å². The van der Waals surface area contributed by atoms with Gasteiger partial charge in [-0.2, -0.15) is 8.78 Å². The Morgan fingerprint density at radius 1 is 0.900 bits per heavy atom. The summed E-state index contributed by atoms with van der Waals surface area (Å²) < 4.78 is 46.8. The van der Waals surface area contributed by atoms with Gasteiger partial charge in [-0.25, -0.2) is 4.79 Å². The first-order chi connectivity index (χ1) is 42.6. The molecule has 8 N–H and O–H groups in total. The fourth-order valence-electron chi connectivity index (χ4n) is 12.3. The number of nitrogens with two attached hydrogens (primary N) is 1. The van der Waals surface area contributed by atoms with Gasteiger partial charge in [-0.05, 0) is 144 Å². The number of carbonyl (C=O) groups is 10. The zero-order valence-electron chi connectivity index (χ0n) is 50.4. The summed E-state index contributed by atoms with van der Waals surface area (Å²) in [5.41, 5.74) is 2.10. The standard InChI is InChI=1S/C63H74F2N9O14PS/c1-5-71-28-27-42-18-20-49(74(42)60(83)47(35-71)69-57(80)51-33-40-32-41(17-22-50(40)90-51)63(64,65)89(85,86)87)56(79)67-45(19-23-52(66)75)54(77)68-46(31-37-13-15-39(16-14-37)61(84)88-62(2,3)4)59(82)72-29-25-36(26-30-72)9-6-7-10-38-11-8-12-43-44(38)34-73(58(43)81)48-21-24-53(76)70-55(48)78/h8,11-17,22,32-33,36,42,45-49H,5-6,9,18-21,23-31,34-35H2,1-4H3,(H2,66,75)(H,67,79)(H,68,77)(H,69,80)(H,70,76,78)(H2,85,86,87)/t42-,45+,46+,47+,48?,49+/m1/s1. The van der Waals surface area contributed by atoms with Gasteiger partial charge in [-0.3, -0.25) is 53.0 Å². The molecule has 4 aromatic rings. The zero-order chi connectivity index (χ0) is 65.0. The molecule has 9 amide bonds. The summed E-state index contributed by atoms with van der Waals surface area (Å²) in [6.45, 7) is 9.00. The highest BCUT2D eigenvalue weighted by atomic mass is 32.1. The lowest BCUT2D eigenvalue weighted by molar-refractivity contribution is -0.144. The van der Waals surface area contributed by atoms with E-state index in [4.69, 9.17) is 10.5 Å². The quantitative estimate of drug-likeness (QED) is 0.0293. The number of rotatable bonds is 19. The Balaban J connectivity index is 0.877. The van der Waals surface area contributed by atoms with E-state index in [1.54, 1.807) is 62.1 Å². The van der Waals surface area contributed by atoms with Crippen LogP contribution in [0, 0.1) is 17.8 Å². The predicted octanol–water partition coefficient (Wildman–Crippen LogP) is 4.58. The third-order valence-electron chi connectivity index (χ3n) is 17.1. The molecule has 0 bridgehead atoms. The number of fused-ring (bicyclic) bond motifs is 3. The van der Waals surface area contributed by atoms with Gasteiger partial charge in [0.1, 0.15) is 35.8 Å². The SMILES string of the molecule is CCN1CC[C@H]2CC[C@@H](C(=O)N[C@@H](CCC(N)=O)C(=O)N[C@@H](Cc3ccc(C(=O)OC(C)(C)C)cc3)C(=O)N3CCC(CCC#Cc4cccc5c4CN(C4CCC(=O)NC4=O)C5=O)CC3)N2C(=O)[C@@H](NC(=O)c2cc3cc(C(F)(F)P(=O)(O)O)ccc3s2)C1. The Morgan fingerprint density at radius 2 is 1.63 bits per heavy atom. The van der Waals surface area contributed by atoms with E-state index >= 15 is 0 Å². The van der Waals surface area contributed by atoms with Crippen LogP contribution in [0.2, 0.25) is 0 Å². The number of alkyl halides is 2. The van der Waals surface area contributed by atoms with Crippen molar-refractivity contribution in [2.24, 2.45) is 11.7 Å². The van der Waals surface area contributed by atoms with Crippen molar-refractivity contribution in [1.29, 1.82) is 0 Å². The van der Waals surface area contributed by atoms with Crippen LogP contribution in [0.3, 0.4) is 0 Å². The molecule has 1 aromatic heterocycles. The summed E-state index contributed by atoms with van der Waals surface area (Å²) >= 11 is 0.914. The number of carbonyl (C=O) groups excluding carboxylic acids is 10. The maximum absolute atomic E-state index is 14.8. The van der Waals surface area contributed by atoms with Crippen molar-refractivity contribution in [2.75, 3.05) is 32.7 Å². The van der Waals surface area contributed by atoms with Crippen LogP contribution >= 0.6 is 18.9 Å². The molecule has 0 spiro atoms. The van der Waals surface area contributed by atoms with Crippen molar-refractivity contribution in [3.63, 3.8) is 0 Å². The van der Waals surface area contributed by atoms with Crippen LogP contribution in [-0.4, -0.2) is 163 Å². The topological polar surface area (TPSA) is 325 Å². The molecule has 0 radical (unpaired) electrons. The van der Waals surface area contributed by atoms with E-state index in [-0.39, 0.29) is 85.2 Å². The maximum Gasteiger partial charge on any atom is 0.399 e. The number of likely N-dealkylation sites (tertiary alicyclic amines) is 1. The Bertz CT molecular complexity index is 3610. The maximum atomic E-state index is 14.8. The molecule has 0 saturated carbocycles. The normalized spacial score (nSPS) is 20.8. The second kappa shape index (κ2) is 27.7. The fraction of sp³-hybridized carbons (Fsp3) is 0.492. The number of nitrogens with zero attached hydrogens (tertiary/aromatic N) is 4. The highest BCUT2D eigenvalue weighted by Crippen LogP contribution is 2.59. The minimum absolute atomic E-state index is 0.0183. The van der Waals surface area contributed by atoms with E-state index in [2.05, 4.69) is 33.1 Å². The van der Waals surface area contributed by atoms with Crippen LogP contribution in [0.25, 0.3) is 10.1 Å². The molecule has 27 heteroatoms. The number of piperidine rings is 2. The zero-order valence-corrected chi connectivity index (χ0v) is 52.1. The largest absolute Gasteiger partial charge is 0.456 e. The van der Waals surface area contributed by atoms with Crippen molar-refractivity contribution < 1.29 is 75.8 Å². The average molecular weight is 1280 g/mol. The van der Waals surface area contributed by atoms with Gasteiger partial charge in [0.15, 0.2) is 0 Å². The van der Waals surface area contributed by atoms with Crippen molar-refractivity contribution in [1.82, 2.24) is 40.9 Å². The van der Waals surface area contributed by atoms with E-state index in [0.717, 1.165) is 29.0 Å². The monoisotopic (exact) mass is 1280 g/mol. The predicted molar refractivity (Wildman–Crippen MR) is 325 cm³/mol. The molecule has 3 aromatic carbocycles. The lowest BCUT2D eigenvalue weighted by atomic mass is 9.91. The summed E-state index contributed by atoms with van der Waals surface area (Å²) in [6, 6.07) is 9.70. The van der Waals surface area contributed by atoms with Crippen molar-refractivity contribution in [3.8, 4) is 11.8 Å². The van der Waals surface area contributed by atoms with E-state index in [9.17, 15) is 71.1 Å². The number of halogens is 2. The number of benzene rings is 3. The highest BCUT2D eigenvalue weighted by molar-refractivity contribution is 7.52. The molecule has 4 fully saturated rings. The highest BCUT2D eigenvalue weighted by Gasteiger charge is 2.51. The molecule has 6 atom stereocenters. The second-order valence-corrected chi connectivity index (χ2v) is 27.3. The third kappa shape index (κ3) is 15.4. The first kappa shape index (κ1) is 66.5. The Kier molecular flexibility index (Phi) is 20.4. The van der Waals surface area contributed by atoms with Gasteiger partial charge in [-0.1, -0.05) is 43.0 Å². The molecule has 4 saturated heterocycles. The molecule has 90 heavy (non-hydrogen) atoms. The van der Waals surface area contributed by atoms with Gasteiger partial charge in [0.25, 0.3) is 11.8 Å². The second-order valence-electron chi connectivity index (χ2n) is 24.5. The number of primary amides is 1. The number of hydrogen-bond donors (Lipinski definition) is 7. The minimum Gasteiger partial charge on any atom is -0.456 e. The van der Waals surface area contributed by atoms with E-state index in [1.165, 1.54) is 21.9 Å². The molecule has 23 nitrogen and oxygen atoms in total. The Hall–Kier alpha value is -7.95. The number of imide groups is 1. The number of esters is 1. The molecule has 1 unspecified atom stereocenters. The van der Waals surface area contributed by atoms with Crippen LogP contribution in [0.15, 0.2) is 66.7 Å². The summed E-state index contributed by atoms with van der Waals surface area (Å²) in [6.07, 6.45) is 3.20. The molecule has 6 heterocycles. The number of nitrogens with one attached hydrogen (secondary N) is 4. The van der Waals surface area contributed by atoms with Crippen LogP contribution < -0.4 is 27.0 Å². The van der Waals surface area contributed by atoms with Crippen LogP contribution in [0.5, 0.6) is 0 Å². The molecular formula is C63H74F2N9O14PS. The van der Waals surface area contributed by atoms with Gasteiger partial charge in [0.05, 0.1) is 10.4 Å². The van der Waals surface area contributed by atoms with Gasteiger partial charge in [0.2, 0.25) is 41.4 Å². The number of ether oxygens (including phenoxy) is 1. The number of likely N-dealkylation sites (N-methyl/N-ethyl adjacent to an activating group) is 1. The first-order valence-electron chi connectivity index (χ1n) is 30.2. The molecule has 480 valence electrons. The molecule has 5 aliphatic heterocycles. The summed E-state index contributed by atoms with van der Waals surface area (Å²) in [4.78, 5) is 161. The van der Waals surface area contributed by atoms with Crippen molar-refractivity contribution >= 4 is 88.2 Å². The van der Waals surface area contributed by atoms with E-state index < -0.39 is 108 Å². The smallest absolute Gasteiger partial charge is 0.399 e. The first-order valence-corrected chi connectivity index (χ1v) is 32.6. The van der Waals surface area contributed by atoms with Crippen molar-refractivity contribution in [3.05, 3.63) is 105 Å². The number of thiophene rings is 1. The molecule has 9 rings (SSSR count). The van der Waals surface area contributed by atoms with Gasteiger partial charge < -0.3 is 55.8 Å². The average Bonchev–Trinajstić information content (AvgIpc) is 1.60. The lowest BCUT2D eigenvalue weighted by Gasteiger charge is -2.38. The van der Waals surface area contributed by atoms with E-state index in [0.29, 0.717) is 86.1 Å². The lowest BCUT2D eigenvalue weighted by Crippen LogP contribution is -2.62. The third-order valence-corrected chi connectivity index (χ3v) is 19.3. The minimum atomic E-state index is -5.89. The van der Waals surface area contributed by atoms with E-state index in [1.807, 2.05) is 17.9 Å². The molecule has 5 aliphatic rings. The van der Waals surface area contributed by atoms with Gasteiger partial charge in [-0.15, -0.1) is 11.3 Å². The summed E-state index contributed by atoms with van der Waals surface area (Å²) in [7, 11) is -5.89. The molecular weight excluding hydrogens is 1210 g/mol. The number of amides is 9. The van der Waals surface area contributed by atoms with Gasteiger partial charge in [0, 0.05) is 85.8 Å². The Labute approximate surface area is 522 Å². The van der Waals surface area contributed by atoms with Crippen LogP contribution in [0.4, 0.5) is 8.78 Å². The summed E-state index contributed by atoms with van der Waals surface area (Å²) in [5.74, 6) is 0.873. The van der Waals surface area contributed by atoms with Crippen LogP contribution in [0.1, 0.15) is 151 Å². The Morgan fingerprint density at radius 3 is 2.31 bits per heavy atom. The molecule has 0 aliphatic carbocycles. The number of hydrogen-bond acceptors (Lipinski definition) is 14. The van der Waals surface area contributed by atoms with Gasteiger partial charge >= 0.3 is 19.2 Å².